The minimum Gasteiger partial charge on any atom is -0.485 e. The van der Waals surface area contributed by atoms with Crippen molar-refractivity contribution in [2.45, 2.75) is 40.3 Å². The fourth-order valence-corrected chi connectivity index (χ4v) is 5.01. The number of ether oxygens (including phenoxy) is 2. The third kappa shape index (κ3) is 7.28. The standard InChI is InChI=1S/C28H33N9O4.C3H8O/c1-5-21-23(26(40)37-28(36(21)15-16-38)31-27(32-37)33(3)4)34-11-13-35(14-12-34)25(39)22-24(19(2)29-18-30-22)41-17-20-9-7-6-8-10-20;1-3-4-2/h6-10,16,18H,5,11-15,17H2,1-4H3;3H2,1-2H3. The molecule has 0 bridgehead atoms. The van der Waals surface area contributed by atoms with Crippen LogP contribution in [0, 0.1) is 6.92 Å². The van der Waals surface area contributed by atoms with Gasteiger partial charge in [0.15, 0.2) is 11.4 Å². The second kappa shape index (κ2) is 15.2. The molecule has 1 saturated heterocycles. The number of benzene rings is 1. The van der Waals surface area contributed by atoms with Crippen molar-refractivity contribution in [1.29, 1.82) is 0 Å². The van der Waals surface area contributed by atoms with E-state index in [-0.39, 0.29) is 30.3 Å². The third-order valence-corrected chi connectivity index (χ3v) is 7.39. The van der Waals surface area contributed by atoms with Gasteiger partial charge in [0.2, 0.25) is 11.7 Å². The summed E-state index contributed by atoms with van der Waals surface area (Å²) in [6, 6.07) is 9.69. The quantitative estimate of drug-likeness (QED) is 0.241. The average Bonchev–Trinajstić information content (AvgIpc) is 3.52. The Morgan fingerprint density at radius 2 is 1.76 bits per heavy atom. The van der Waals surface area contributed by atoms with E-state index in [1.165, 1.54) is 10.8 Å². The summed E-state index contributed by atoms with van der Waals surface area (Å²) in [5, 5.41) is 4.39. The third-order valence-electron chi connectivity index (χ3n) is 7.39. The molecule has 1 aliphatic heterocycles. The Kier molecular flexibility index (Phi) is 11.2. The first-order valence-corrected chi connectivity index (χ1v) is 14.9. The van der Waals surface area contributed by atoms with Crippen LogP contribution in [0.4, 0.5) is 11.6 Å². The van der Waals surface area contributed by atoms with Crippen LogP contribution in [0.2, 0.25) is 0 Å². The normalized spacial score (nSPS) is 12.9. The van der Waals surface area contributed by atoms with E-state index >= 15 is 0 Å². The number of fused-ring (bicyclic) bond motifs is 1. The Morgan fingerprint density at radius 1 is 1.07 bits per heavy atom. The summed E-state index contributed by atoms with van der Waals surface area (Å²) in [5.41, 5.74) is 2.63. The Balaban J connectivity index is 0.00000109. The summed E-state index contributed by atoms with van der Waals surface area (Å²) in [6.07, 6.45) is 2.67. The predicted molar refractivity (Wildman–Crippen MR) is 170 cm³/mol. The highest BCUT2D eigenvalue weighted by Crippen LogP contribution is 2.25. The lowest BCUT2D eigenvalue weighted by Crippen LogP contribution is -2.51. The summed E-state index contributed by atoms with van der Waals surface area (Å²) < 4.78 is 13.6. The summed E-state index contributed by atoms with van der Waals surface area (Å²) in [4.78, 5) is 57.3. The molecule has 4 aromatic rings. The van der Waals surface area contributed by atoms with Gasteiger partial charge in [-0.25, -0.2) is 9.97 Å². The lowest BCUT2D eigenvalue weighted by atomic mass is 10.2. The van der Waals surface area contributed by atoms with Gasteiger partial charge in [0, 0.05) is 54.0 Å². The molecule has 1 amide bonds. The zero-order valence-electron chi connectivity index (χ0n) is 26.8. The zero-order chi connectivity index (χ0) is 32.5. The highest BCUT2D eigenvalue weighted by atomic mass is 16.5. The van der Waals surface area contributed by atoms with Gasteiger partial charge in [-0.3, -0.25) is 9.59 Å². The number of aldehydes is 1. The van der Waals surface area contributed by atoms with E-state index in [9.17, 15) is 14.4 Å². The Morgan fingerprint density at radius 3 is 2.36 bits per heavy atom. The summed E-state index contributed by atoms with van der Waals surface area (Å²) in [6.45, 7) is 8.41. The molecule has 1 aliphatic rings. The molecule has 3 aromatic heterocycles. The first-order valence-electron chi connectivity index (χ1n) is 14.9. The molecule has 0 aliphatic carbocycles. The Hall–Kier alpha value is -4.85. The molecule has 0 radical (unpaired) electrons. The number of hydrogen-bond donors (Lipinski definition) is 0. The number of methoxy groups -OCH3 is 1. The number of anilines is 2. The van der Waals surface area contributed by atoms with Crippen LogP contribution in [0.25, 0.3) is 5.78 Å². The fraction of sp³-hybridized carbons (Fsp3) is 0.452. The number of nitrogens with zero attached hydrogens (tertiary/aromatic N) is 9. The number of hydrogen-bond acceptors (Lipinski definition) is 11. The number of carbonyl (C=O) groups excluding carboxylic acids is 2. The second-order valence-corrected chi connectivity index (χ2v) is 10.5. The van der Waals surface area contributed by atoms with Crippen LogP contribution in [-0.4, -0.2) is 100 Å². The number of rotatable bonds is 10. The van der Waals surface area contributed by atoms with E-state index in [2.05, 4.69) is 24.8 Å². The molecule has 14 heteroatoms. The van der Waals surface area contributed by atoms with Crippen LogP contribution >= 0.6 is 0 Å². The van der Waals surface area contributed by atoms with Crippen LogP contribution in [0.15, 0.2) is 41.5 Å². The van der Waals surface area contributed by atoms with Crippen molar-refractivity contribution in [3.8, 4) is 5.75 Å². The summed E-state index contributed by atoms with van der Waals surface area (Å²) >= 11 is 0. The van der Waals surface area contributed by atoms with Gasteiger partial charge in [-0.05, 0) is 25.8 Å². The first-order chi connectivity index (χ1) is 21.7. The van der Waals surface area contributed by atoms with Crippen molar-refractivity contribution in [3.05, 3.63) is 69.7 Å². The van der Waals surface area contributed by atoms with Crippen LogP contribution < -0.4 is 20.1 Å². The molecule has 1 aromatic carbocycles. The van der Waals surface area contributed by atoms with Gasteiger partial charge in [-0.15, -0.1) is 5.10 Å². The minimum atomic E-state index is -0.303. The molecule has 1 fully saturated rings. The number of amides is 1. The second-order valence-electron chi connectivity index (χ2n) is 10.5. The average molecular weight is 620 g/mol. The highest BCUT2D eigenvalue weighted by molar-refractivity contribution is 5.95. The number of piperazine rings is 1. The summed E-state index contributed by atoms with van der Waals surface area (Å²) in [7, 11) is 5.26. The minimum absolute atomic E-state index is 0.0444. The van der Waals surface area contributed by atoms with Gasteiger partial charge >= 0.3 is 0 Å². The number of aromatic nitrogens is 6. The van der Waals surface area contributed by atoms with Crippen molar-refractivity contribution in [2.24, 2.45) is 0 Å². The van der Waals surface area contributed by atoms with Gasteiger partial charge in [-0.2, -0.15) is 9.50 Å². The topological polar surface area (TPSA) is 140 Å². The van der Waals surface area contributed by atoms with E-state index in [1.54, 1.807) is 42.5 Å². The lowest BCUT2D eigenvalue weighted by Gasteiger charge is -2.36. The first kappa shape index (κ1) is 33.1. The van der Waals surface area contributed by atoms with Gasteiger partial charge in [-0.1, -0.05) is 37.3 Å². The fourth-order valence-electron chi connectivity index (χ4n) is 5.01. The maximum atomic E-state index is 13.7. The van der Waals surface area contributed by atoms with Crippen LogP contribution in [0.3, 0.4) is 0 Å². The maximum Gasteiger partial charge on any atom is 0.299 e. The Labute approximate surface area is 262 Å². The molecule has 0 N–H and O–H groups in total. The van der Waals surface area contributed by atoms with Crippen molar-refractivity contribution >= 4 is 29.6 Å². The molecule has 45 heavy (non-hydrogen) atoms. The highest BCUT2D eigenvalue weighted by Gasteiger charge is 2.30. The number of aryl methyl sites for hydroxylation is 1. The van der Waals surface area contributed by atoms with Crippen molar-refractivity contribution in [1.82, 2.24) is 34.0 Å². The van der Waals surface area contributed by atoms with Crippen LogP contribution in [-0.2, 0) is 29.1 Å². The SMILES string of the molecule is CCOC.CCc1c(N2CCN(C(=O)c3ncnc(C)c3OCc3ccccc3)CC2)c(=O)n2nc(N(C)C)nc2n1CC=O. The molecule has 0 saturated carbocycles. The monoisotopic (exact) mass is 619 g/mol. The number of carbonyl (C=O) groups is 2. The lowest BCUT2D eigenvalue weighted by molar-refractivity contribution is -0.108. The molecule has 4 heterocycles. The predicted octanol–water partition coefficient (Wildman–Crippen LogP) is 2.01. The zero-order valence-corrected chi connectivity index (χ0v) is 26.8. The largest absolute Gasteiger partial charge is 0.485 e. The molecule has 5 rings (SSSR count). The summed E-state index contributed by atoms with van der Waals surface area (Å²) in [5.74, 6) is 0.806. The van der Waals surface area contributed by atoms with Gasteiger partial charge in [0.25, 0.3) is 11.5 Å². The molecule has 0 spiro atoms. The molecule has 0 atom stereocenters. The molecule has 14 nitrogen and oxygen atoms in total. The van der Waals surface area contributed by atoms with Gasteiger partial charge in [0.05, 0.1) is 17.9 Å². The van der Waals surface area contributed by atoms with Gasteiger partial charge < -0.3 is 33.5 Å². The van der Waals surface area contributed by atoms with Crippen molar-refractivity contribution in [3.63, 3.8) is 0 Å². The molecule has 0 unspecified atom stereocenters. The van der Waals surface area contributed by atoms with E-state index in [0.29, 0.717) is 67.2 Å². The van der Waals surface area contributed by atoms with E-state index < -0.39 is 0 Å². The van der Waals surface area contributed by atoms with Gasteiger partial charge in [0.1, 0.15) is 24.9 Å². The van der Waals surface area contributed by atoms with Crippen LogP contribution in [0.1, 0.15) is 41.3 Å². The van der Waals surface area contributed by atoms with E-state index in [1.807, 2.05) is 49.1 Å². The smallest absolute Gasteiger partial charge is 0.299 e. The van der Waals surface area contributed by atoms with E-state index in [4.69, 9.17) is 4.74 Å². The van der Waals surface area contributed by atoms with Crippen LogP contribution in [0.5, 0.6) is 5.75 Å². The van der Waals surface area contributed by atoms with Crippen molar-refractivity contribution < 1.29 is 19.1 Å². The van der Waals surface area contributed by atoms with Crippen molar-refractivity contribution in [2.75, 3.05) is 63.8 Å². The molecular formula is C31H41N9O5. The molecule has 240 valence electrons. The molecular weight excluding hydrogens is 578 g/mol. The Bertz CT molecular complexity index is 1660. The van der Waals surface area contributed by atoms with E-state index in [0.717, 1.165) is 18.5 Å². The maximum absolute atomic E-state index is 13.7.